The number of rotatable bonds is 4. The number of urea groups is 1. The van der Waals surface area contributed by atoms with Crippen LogP contribution in [0.25, 0.3) is 20.7 Å². The van der Waals surface area contributed by atoms with Gasteiger partial charge >= 0.3 is 6.03 Å². The zero-order chi connectivity index (χ0) is 22.8. The highest BCUT2D eigenvalue weighted by Gasteiger charge is 2.14. The lowest BCUT2D eigenvalue weighted by molar-refractivity contribution is -0.120. The Morgan fingerprint density at radius 1 is 1.12 bits per heavy atom. The smallest absolute Gasteiger partial charge is 0.307 e. The molecular formula is C23H19ClN4O3S. The van der Waals surface area contributed by atoms with Crippen LogP contribution in [0.4, 0.5) is 10.5 Å². The summed E-state index contributed by atoms with van der Waals surface area (Å²) >= 11 is 7.23. The number of aryl methyl sites for hydroxylation is 1. The summed E-state index contributed by atoms with van der Waals surface area (Å²) in [6.45, 7) is 3.49. The highest BCUT2D eigenvalue weighted by atomic mass is 35.5. The number of anilines is 1. The topological polar surface area (TPSA) is 93.1 Å². The third-order valence-corrected chi connectivity index (χ3v) is 6.47. The predicted octanol–water partition coefficient (Wildman–Crippen LogP) is 4.74. The fraction of sp³-hybridized carbons (Fsp3) is 0.130. The zero-order valence-electron chi connectivity index (χ0n) is 17.3. The minimum absolute atomic E-state index is 0.323. The van der Waals surface area contributed by atoms with Gasteiger partial charge in [0, 0.05) is 15.6 Å². The van der Waals surface area contributed by atoms with Crippen molar-refractivity contribution in [1.29, 1.82) is 0 Å². The molecule has 162 valence electrons. The Balaban J connectivity index is 1.48. The Labute approximate surface area is 192 Å². The molecule has 0 saturated heterocycles. The minimum atomic E-state index is -0.660. The van der Waals surface area contributed by atoms with Crippen LogP contribution < -0.4 is 16.2 Å². The lowest BCUT2D eigenvalue weighted by Gasteiger charge is -2.11. The van der Waals surface area contributed by atoms with Gasteiger partial charge in [0.25, 0.3) is 5.56 Å². The fourth-order valence-electron chi connectivity index (χ4n) is 3.18. The van der Waals surface area contributed by atoms with Gasteiger partial charge in [-0.25, -0.2) is 9.78 Å². The van der Waals surface area contributed by atoms with Crippen LogP contribution in [0.5, 0.6) is 0 Å². The summed E-state index contributed by atoms with van der Waals surface area (Å²) in [7, 11) is 0. The molecule has 0 unspecified atom stereocenters. The Kier molecular flexibility index (Phi) is 6.07. The molecule has 2 heterocycles. The second-order valence-electron chi connectivity index (χ2n) is 7.26. The van der Waals surface area contributed by atoms with Crippen molar-refractivity contribution in [2.75, 3.05) is 5.32 Å². The molecule has 4 rings (SSSR count). The van der Waals surface area contributed by atoms with E-state index in [0.29, 0.717) is 20.9 Å². The van der Waals surface area contributed by atoms with Crippen molar-refractivity contribution in [3.05, 3.63) is 81.4 Å². The van der Waals surface area contributed by atoms with Gasteiger partial charge < -0.3 is 5.32 Å². The number of hydrogen-bond donors (Lipinski definition) is 2. The second kappa shape index (κ2) is 8.94. The van der Waals surface area contributed by atoms with E-state index in [-0.39, 0.29) is 12.1 Å². The van der Waals surface area contributed by atoms with E-state index in [1.54, 1.807) is 18.2 Å². The van der Waals surface area contributed by atoms with Crippen molar-refractivity contribution in [2.24, 2.45) is 0 Å². The lowest BCUT2D eigenvalue weighted by atomic mass is 10.1. The third-order valence-electron chi connectivity index (χ3n) is 5.05. The maximum Gasteiger partial charge on any atom is 0.325 e. The number of amides is 3. The normalized spacial score (nSPS) is 10.8. The van der Waals surface area contributed by atoms with Crippen molar-refractivity contribution in [3.8, 4) is 10.4 Å². The van der Waals surface area contributed by atoms with Gasteiger partial charge in [-0.1, -0.05) is 35.9 Å². The standard InChI is InChI=1S/C23H19ClN4O3S/c1-13-4-3-5-17(14(13)2)26-23(31)27-20(29)11-28-12-25-18-10-19(32-21(18)22(28)30)15-6-8-16(24)9-7-15/h3-10,12H,11H2,1-2H3,(H2,26,27,29,31). The first-order valence-electron chi connectivity index (χ1n) is 9.74. The fourth-order valence-corrected chi connectivity index (χ4v) is 4.37. The number of thiophene rings is 1. The van der Waals surface area contributed by atoms with Gasteiger partial charge in [0.05, 0.1) is 11.8 Å². The number of carbonyl (C=O) groups is 2. The number of aromatic nitrogens is 2. The van der Waals surface area contributed by atoms with E-state index in [9.17, 15) is 14.4 Å². The largest absolute Gasteiger partial charge is 0.325 e. The van der Waals surface area contributed by atoms with E-state index in [1.807, 2.05) is 44.2 Å². The van der Waals surface area contributed by atoms with E-state index in [2.05, 4.69) is 15.6 Å². The summed E-state index contributed by atoms with van der Waals surface area (Å²) in [6, 6.07) is 14.0. The molecule has 2 aromatic carbocycles. The average Bonchev–Trinajstić information content (AvgIpc) is 3.19. The predicted molar refractivity (Wildman–Crippen MR) is 127 cm³/mol. The molecule has 0 spiro atoms. The summed E-state index contributed by atoms with van der Waals surface area (Å²) in [4.78, 5) is 42.6. The summed E-state index contributed by atoms with van der Waals surface area (Å²) in [5.74, 6) is -0.620. The van der Waals surface area contributed by atoms with Crippen LogP contribution in [0.1, 0.15) is 11.1 Å². The van der Waals surface area contributed by atoms with Crippen LogP contribution in [0.3, 0.4) is 0 Å². The Morgan fingerprint density at radius 2 is 1.88 bits per heavy atom. The maximum atomic E-state index is 12.9. The summed E-state index contributed by atoms with van der Waals surface area (Å²) in [5.41, 5.74) is 3.68. The Bertz CT molecular complexity index is 1390. The van der Waals surface area contributed by atoms with Gasteiger partial charge in [0.1, 0.15) is 11.2 Å². The second-order valence-corrected chi connectivity index (χ2v) is 8.75. The molecule has 0 bridgehead atoms. The van der Waals surface area contributed by atoms with Crippen LogP contribution in [0.15, 0.2) is 59.7 Å². The molecule has 0 aliphatic carbocycles. The molecule has 9 heteroatoms. The molecule has 0 saturated carbocycles. The van der Waals surface area contributed by atoms with Crippen LogP contribution in [-0.2, 0) is 11.3 Å². The van der Waals surface area contributed by atoms with Gasteiger partial charge in [-0.05, 0) is 54.8 Å². The third kappa shape index (κ3) is 4.56. The van der Waals surface area contributed by atoms with Gasteiger partial charge in [-0.15, -0.1) is 11.3 Å². The summed E-state index contributed by atoms with van der Waals surface area (Å²) in [6.07, 6.45) is 1.31. The first-order chi connectivity index (χ1) is 15.3. The molecule has 0 fully saturated rings. The molecule has 2 N–H and O–H groups in total. The molecule has 32 heavy (non-hydrogen) atoms. The Hall–Kier alpha value is -3.49. The van der Waals surface area contributed by atoms with Crippen molar-refractivity contribution in [3.63, 3.8) is 0 Å². The molecule has 2 aromatic heterocycles. The van der Waals surface area contributed by atoms with E-state index in [4.69, 9.17) is 11.6 Å². The number of benzene rings is 2. The van der Waals surface area contributed by atoms with Crippen molar-refractivity contribution in [1.82, 2.24) is 14.9 Å². The Morgan fingerprint density at radius 3 is 2.62 bits per heavy atom. The lowest BCUT2D eigenvalue weighted by Crippen LogP contribution is -2.38. The number of fused-ring (bicyclic) bond motifs is 1. The number of carbonyl (C=O) groups excluding carboxylic acids is 2. The quantitative estimate of drug-likeness (QED) is 0.454. The SMILES string of the molecule is Cc1cccc(NC(=O)NC(=O)Cn2cnc3cc(-c4ccc(Cl)cc4)sc3c2=O)c1C. The highest BCUT2D eigenvalue weighted by Crippen LogP contribution is 2.31. The zero-order valence-corrected chi connectivity index (χ0v) is 18.9. The van der Waals surface area contributed by atoms with Crippen LogP contribution in [0, 0.1) is 13.8 Å². The number of imide groups is 1. The molecule has 0 atom stereocenters. The number of hydrogen-bond acceptors (Lipinski definition) is 5. The van der Waals surface area contributed by atoms with Gasteiger partial charge in [0.2, 0.25) is 5.91 Å². The first kappa shape index (κ1) is 21.7. The number of halogens is 1. The summed E-state index contributed by atoms with van der Waals surface area (Å²) < 4.78 is 1.62. The van der Waals surface area contributed by atoms with Crippen LogP contribution >= 0.6 is 22.9 Å². The molecule has 0 radical (unpaired) electrons. The van der Waals surface area contributed by atoms with Gasteiger partial charge in [-0.3, -0.25) is 19.5 Å². The van der Waals surface area contributed by atoms with E-state index in [1.165, 1.54) is 22.2 Å². The van der Waals surface area contributed by atoms with E-state index >= 15 is 0 Å². The van der Waals surface area contributed by atoms with Crippen molar-refractivity contribution in [2.45, 2.75) is 20.4 Å². The maximum absolute atomic E-state index is 12.9. The van der Waals surface area contributed by atoms with E-state index in [0.717, 1.165) is 21.6 Å². The molecule has 4 aromatic rings. The van der Waals surface area contributed by atoms with Gasteiger partial charge in [-0.2, -0.15) is 0 Å². The summed E-state index contributed by atoms with van der Waals surface area (Å²) in [5, 5.41) is 5.53. The number of nitrogens with zero attached hydrogens (tertiary/aromatic N) is 2. The molecule has 0 aliphatic rings. The molecule has 0 aliphatic heterocycles. The van der Waals surface area contributed by atoms with Gasteiger partial charge in [0.15, 0.2) is 0 Å². The van der Waals surface area contributed by atoms with Crippen molar-refractivity contribution < 1.29 is 9.59 Å². The number of nitrogens with one attached hydrogen (secondary N) is 2. The molecule has 3 amide bonds. The monoisotopic (exact) mass is 466 g/mol. The molecular weight excluding hydrogens is 448 g/mol. The van der Waals surface area contributed by atoms with Crippen LogP contribution in [-0.4, -0.2) is 21.5 Å². The molecule has 7 nitrogen and oxygen atoms in total. The highest BCUT2D eigenvalue weighted by molar-refractivity contribution is 7.22. The minimum Gasteiger partial charge on any atom is -0.307 e. The van der Waals surface area contributed by atoms with E-state index < -0.39 is 11.9 Å². The average molecular weight is 467 g/mol. The van der Waals surface area contributed by atoms with Crippen LogP contribution in [0.2, 0.25) is 5.02 Å². The van der Waals surface area contributed by atoms with Crippen molar-refractivity contribution >= 4 is 50.8 Å². The first-order valence-corrected chi connectivity index (χ1v) is 10.9.